The smallest absolute Gasteiger partial charge is 0.00519 e. The van der Waals surface area contributed by atoms with Crippen LogP contribution in [0.4, 0.5) is 0 Å². The van der Waals surface area contributed by atoms with E-state index in [-0.39, 0.29) is 0 Å². The Morgan fingerprint density at radius 3 is 1.36 bits per heavy atom. The first kappa shape index (κ1) is 22.2. The Bertz CT molecular complexity index is 360. The van der Waals surface area contributed by atoms with Gasteiger partial charge in [0, 0.05) is 0 Å². The summed E-state index contributed by atoms with van der Waals surface area (Å²) in [6, 6.07) is 10.9. The van der Waals surface area contributed by atoms with Gasteiger partial charge in [-0.1, -0.05) is 114 Å². The van der Waals surface area contributed by atoms with Crippen molar-refractivity contribution in [1.82, 2.24) is 5.32 Å². The van der Waals surface area contributed by atoms with Crippen LogP contribution in [0.25, 0.3) is 0 Å². The summed E-state index contributed by atoms with van der Waals surface area (Å²) in [5.41, 5.74) is 1.50. The van der Waals surface area contributed by atoms with E-state index in [1.807, 2.05) is 7.05 Å². The van der Waals surface area contributed by atoms with Crippen LogP contribution in [0.5, 0.6) is 0 Å². The highest BCUT2D eigenvalue weighted by Gasteiger charge is 1.95. The second-order valence-corrected chi connectivity index (χ2v) is 7.64. The molecule has 1 aromatic carbocycles. The molecule has 0 aromatic heterocycles. The van der Waals surface area contributed by atoms with E-state index in [0.717, 1.165) is 0 Å². The molecule has 0 amide bonds. The molecule has 1 aromatic rings. The molecule has 0 aliphatic heterocycles. The molecular weight excluding hydrogens is 302 g/mol. The molecule has 1 rings (SSSR count). The van der Waals surface area contributed by atoms with E-state index in [4.69, 9.17) is 0 Å². The molecule has 0 bridgehead atoms. The van der Waals surface area contributed by atoms with E-state index in [2.05, 4.69) is 35.6 Å². The van der Waals surface area contributed by atoms with E-state index in [1.165, 1.54) is 115 Å². The number of benzene rings is 1. The zero-order valence-corrected chi connectivity index (χ0v) is 16.9. The van der Waals surface area contributed by atoms with Gasteiger partial charge >= 0.3 is 0 Å². The Morgan fingerprint density at radius 1 is 0.520 bits per heavy atom. The van der Waals surface area contributed by atoms with Crippen LogP contribution in [0.3, 0.4) is 0 Å². The van der Waals surface area contributed by atoms with Gasteiger partial charge in [-0.3, -0.25) is 0 Å². The minimum absolute atomic E-state index is 1.19. The maximum Gasteiger partial charge on any atom is -0.00519 e. The summed E-state index contributed by atoms with van der Waals surface area (Å²) >= 11 is 0. The third-order valence-corrected chi connectivity index (χ3v) is 5.24. The Hall–Kier alpha value is -0.820. The molecule has 25 heavy (non-hydrogen) atoms. The van der Waals surface area contributed by atoms with Gasteiger partial charge in [0.2, 0.25) is 0 Å². The number of aryl methyl sites for hydroxylation is 1. The van der Waals surface area contributed by atoms with Crippen molar-refractivity contribution in [1.29, 1.82) is 0 Å². The molecule has 0 heterocycles. The first-order valence-corrected chi connectivity index (χ1v) is 11.1. The number of nitrogens with one attached hydrogen (secondary N) is 1. The lowest BCUT2D eigenvalue weighted by molar-refractivity contribution is 0.528. The number of rotatable bonds is 18. The fourth-order valence-electron chi connectivity index (χ4n) is 3.57. The molecule has 0 aliphatic carbocycles. The third-order valence-electron chi connectivity index (χ3n) is 5.24. The molecule has 0 saturated heterocycles. The Kier molecular flexibility index (Phi) is 16.0. The Morgan fingerprint density at radius 2 is 0.920 bits per heavy atom. The van der Waals surface area contributed by atoms with Crippen molar-refractivity contribution in [2.24, 2.45) is 0 Å². The van der Waals surface area contributed by atoms with Crippen LogP contribution < -0.4 is 5.32 Å². The molecule has 0 fully saturated rings. The summed E-state index contributed by atoms with van der Waals surface area (Å²) < 4.78 is 0. The number of hydrogen-bond donors (Lipinski definition) is 1. The van der Waals surface area contributed by atoms with Gasteiger partial charge in [-0.15, -0.1) is 0 Å². The van der Waals surface area contributed by atoms with Gasteiger partial charge in [0.05, 0.1) is 0 Å². The highest BCUT2D eigenvalue weighted by atomic mass is 14.8. The van der Waals surface area contributed by atoms with Gasteiger partial charge < -0.3 is 5.32 Å². The van der Waals surface area contributed by atoms with Crippen LogP contribution in [0.2, 0.25) is 0 Å². The van der Waals surface area contributed by atoms with Crippen molar-refractivity contribution in [2.75, 3.05) is 13.6 Å². The average Bonchev–Trinajstić information content (AvgIpc) is 2.65. The van der Waals surface area contributed by atoms with Crippen molar-refractivity contribution in [2.45, 2.75) is 103 Å². The van der Waals surface area contributed by atoms with Crippen LogP contribution in [0.15, 0.2) is 30.3 Å². The summed E-state index contributed by atoms with van der Waals surface area (Å²) in [6.45, 7) is 1.19. The SMILES string of the molecule is CNCCCCCCCCCCCCCCCCCc1ccccc1. The first-order valence-electron chi connectivity index (χ1n) is 11.1. The zero-order valence-electron chi connectivity index (χ0n) is 16.9. The largest absolute Gasteiger partial charge is 0.320 e. The quantitative estimate of drug-likeness (QED) is 0.275. The van der Waals surface area contributed by atoms with Crippen LogP contribution >= 0.6 is 0 Å². The maximum atomic E-state index is 3.22. The summed E-state index contributed by atoms with van der Waals surface area (Å²) in [7, 11) is 2.05. The highest BCUT2D eigenvalue weighted by Crippen LogP contribution is 2.14. The Labute approximate surface area is 158 Å². The minimum Gasteiger partial charge on any atom is -0.320 e. The summed E-state index contributed by atoms with van der Waals surface area (Å²) in [6.07, 6.45) is 22.8. The van der Waals surface area contributed by atoms with Gasteiger partial charge in [-0.05, 0) is 38.4 Å². The molecule has 1 nitrogen and oxygen atoms in total. The molecule has 0 spiro atoms. The fraction of sp³-hybridized carbons (Fsp3) is 0.750. The van der Waals surface area contributed by atoms with E-state index < -0.39 is 0 Å². The van der Waals surface area contributed by atoms with Gasteiger partial charge in [0.15, 0.2) is 0 Å². The zero-order chi connectivity index (χ0) is 17.8. The summed E-state index contributed by atoms with van der Waals surface area (Å²) in [5.74, 6) is 0. The average molecular weight is 346 g/mol. The predicted molar refractivity (Wildman–Crippen MR) is 113 cm³/mol. The monoisotopic (exact) mass is 345 g/mol. The Balaban J connectivity index is 1.69. The van der Waals surface area contributed by atoms with E-state index in [1.54, 1.807) is 0 Å². The number of hydrogen-bond acceptors (Lipinski definition) is 1. The topological polar surface area (TPSA) is 12.0 Å². The number of unbranched alkanes of at least 4 members (excludes halogenated alkanes) is 14. The van der Waals surface area contributed by atoms with Crippen molar-refractivity contribution < 1.29 is 0 Å². The lowest BCUT2D eigenvalue weighted by atomic mass is 10.0. The molecule has 0 aliphatic rings. The van der Waals surface area contributed by atoms with Crippen molar-refractivity contribution in [3.05, 3.63) is 35.9 Å². The van der Waals surface area contributed by atoms with E-state index in [9.17, 15) is 0 Å². The molecule has 0 atom stereocenters. The fourth-order valence-corrected chi connectivity index (χ4v) is 3.57. The normalized spacial score (nSPS) is 11.1. The molecule has 0 saturated carbocycles. The van der Waals surface area contributed by atoms with E-state index >= 15 is 0 Å². The lowest BCUT2D eigenvalue weighted by Crippen LogP contribution is -2.06. The third kappa shape index (κ3) is 15.2. The van der Waals surface area contributed by atoms with Crippen molar-refractivity contribution >= 4 is 0 Å². The van der Waals surface area contributed by atoms with Crippen LogP contribution in [0, 0.1) is 0 Å². The van der Waals surface area contributed by atoms with Gasteiger partial charge in [-0.25, -0.2) is 0 Å². The molecule has 0 unspecified atom stereocenters. The van der Waals surface area contributed by atoms with Crippen LogP contribution in [-0.2, 0) is 6.42 Å². The molecule has 1 N–H and O–H groups in total. The van der Waals surface area contributed by atoms with E-state index in [0.29, 0.717) is 0 Å². The second-order valence-electron chi connectivity index (χ2n) is 7.64. The highest BCUT2D eigenvalue weighted by molar-refractivity contribution is 5.14. The molecule has 1 heteroatoms. The van der Waals surface area contributed by atoms with Gasteiger partial charge in [0.25, 0.3) is 0 Å². The maximum absolute atomic E-state index is 3.22. The molecule has 0 radical (unpaired) electrons. The first-order chi connectivity index (χ1) is 12.4. The minimum atomic E-state index is 1.19. The standard InChI is InChI=1S/C24H43N/c1-25-23-19-14-12-10-8-6-4-2-3-5-7-9-11-13-16-20-24-21-17-15-18-22-24/h15,17-18,21-22,25H,2-14,16,19-20,23H2,1H3. The second kappa shape index (κ2) is 18.0. The van der Waals surface area contributed by atoms with Crippen molar-refractivity contribution in [3.8, 4) is 0 Å². The van der Waals surface area contributed by atoms with Gasteiger partial charge in [-0.2, -0.15) is 0 Å². The summed E-state index contributed by atoms with van der Waals surface area (Å²) in [5, 5.41) is 3.22. The molecule has 144 valence electrons. The van der Waals surface area contributed by atoms with Gasteiger partial charge in [0.1, 0.15) is 0 Å². The summed E-state index contributed by atoms with van der Waals surface area (Å²) in [4.78, 5) is 0. The predicted octanol–water partition coefficient (Wildman–Crippen LogP) is 7.30. The van der Waals surface area contributed by atoms with Crippen LogP contribution in [0.1, 0.15) is 102 Å². The van der Waals surface area contributed by atoms with Crippen LogP contribution in [-0.4, -0.2) is 13.6 Å². The molecular formula is C24H43N. The van der Waals surface area contributed by atoms with Crippen molar-refractivity contribution in [3.63, 3.8) is 0 Å². The lowest BCUT2D eigenvalue weighted by Gasteiger charge is -2.04.